The Labute approximate surface area is 133 Å². The minimum absolute atomic E-state index is 0.0481. The summed E-state index contributed by atoms with van der Waals surface area (Å²) in [6, 6.07) is 5.90. The van der Waals surface area contributed by atoms with Crippen LogP contribution in [0.5, 0.6) is 0 Å². The second-order valence-electron chi connectivity index (χ2n) is 6.36. The SMILES string of the molecule is Cc1cc(C)c2cc(C(=O)N3CCC(O)(C(=O)O)CC3)[nH]c2c1. The highest BCUT2D eigenvalue weighted by atomic mass is 16.4. The summed E-state index contributed by atoms with van der Waals surface area (Å²) in [5, 5.41) is 20.0. The third kappa shape index (κ3) is 2.70. The highest BCUT2D eigenvalue weighted by Gasteiger charge is 2.40. The van der Waals surface area contributed by atoms with Crippen molar-refractivity contribution in [3.8, 4) is 0 Å². The van der Waals surface area contributed by atoms with Gasteiger partial charge in [0.2, 0.25) is 0 Å². The van der Waals surface area contributed by atoms with Crippen molar-refractivity contribution in [2.75, 3.05) is 13.1 Å². The number of carboxylic acids is 1. The summed E-state index contributed by atoms with van der Waals surface area (Å²) >= 11 is 0. The molecule has 0 atom stereocenters. The molecule has 1 saturated heterocycles. The molecule has 1 aromatic heterocycles. The van der Waals surface area contributed by atoms with Crippen LogP contribution in [0.3, 0.4) is 0 Å². The number of fused-ring (bicyclic) bond motifs is 1. The number of aliphatic carboxylic acids is 1. The summed E-state index contributed by atoms with van der Waals surface area (Å²) in [7, 11) is 0. The number of carbonyl (C=O) groups excluding carboxylic acids is 1. The molecule has 3 rings (SSSR count). The molecule has 0 unspecified atom stereocenters. The maximum absolute atomic E-state index is 12.6. The fraction of sp³-hybridized carbons (Fsp3) is 0.412. The van der Waals surface area contributed by atoms with Gasteiger partial charge in [0.1, 0.15) is 5.69 Å². The van der Waals surface area contributed by atoms with Crippen LogP contribution in [-0.2, 0) is 4.79 Å². The molecule has 6 heteroatoms. The Hall–Kier alpha value is -2.34. The number of likely N-dealkylation sites (tertiary alicyclic amines) is 1. The van der Waals surface area contributed by atoms with E-state index < -0.39 is 11.6 Å². The summed E-state index contributed by atoms with van der Waals surface area (Å²) in [6.45, 7) is 4.47. The first-order valence-electron chi connectivity index (χ1n) is 7.65. The van der Waals surface area contributed by atoms with Gasteiger partial charge in [-0.2, -0.15) is 0 Å². The number of amides is 1. The third-order valence-electron chi connectivity index (χ3n) is 4.60. The van der Waals surface area contributed by atoms with Crippen molar-refractivity contribution < 1.29 is 19.8 Å². The van der Waals surface area contributed by atoms with Crippen molar-refractivity contribution in [1.82, 2.24) is 9.88 Å². The molecule has 122 valence electrons. The molecule has 1 amide bonds. The molecule has 6 nitrogen and oxygen atoms in total. The van der Waals surface area contributed by atoms with Crippen molar-refractivity contribution in [1.29, 1.82) is 0 Å². The standard InChI is InChI=1S/C17H20N2O4/c1-10-7-11(2)12-9-14(18-13(12)8-10)15(20)19-5-3-17(23,4-6-19)16(21)22/h7-9,18,23H,3-6H2,1-2H3,(H,21,22). The van der Waals surface area contributed by atoms with Crippen LogP contribution in [0.2, 0.25) is 0 Å². The Bertz CT molecular complexity index is 785. The Morgan fingerprint density at radius 2 is 1.83 bits per heavy atom. The zero-order valence-corrected chi connectivity index (χ0v) is 13.2. The van der Waals surface area contributed by atoms with Gasteiger partial charge in [-0.25, -0.2) is 4.79 Å². The van der Waals surface area contributed by atoms with Crippen LogP contribution in [0.1, 0.15) is 34.5 Å². The van der Waals surface area contributed by atoms with Crippen molar-refractivity contribution in [3.05, 3.63) is 35.0 Å². The van der Waals surface area contributed by atoms with Crippen LogP contribution in [-0.4, -0.2) is 50.7 Å². The Balaban J connectivity index is 1.82. The molecule has 0 aliphatic carbocycles. The van der Waals surface area contributed by atoms with Crippen molar-refractivity contribution >= 4 is 22.8 Å². The van der Waals surface area contributed by atoms with Crippen LogP contribution < -0.4 is 0 Å². The van der Waals surface area contributed by atoms with Crippen LogP contribution in [0, 0.1) is 13.8 Å². The zero-order valence-electron chi connectivity index (χ0n) is 13.2. The number of aromatic amines is 1. The van der Waals surface area contributed by atoms with E-state index in [1.807, 2.05) is 26.0 Å². The number of aromatic nitrogens is 1. The average molecular weight is 316 g/mol. The van der Waals surface area contributed by atoms with E-state index in [2.05, 4.69) is 11.1 Å². The molecule has 23 heavy (non-hydrogen) atoms. The molecule has 3 N–H and O–H groups in total. The number of rotatable bonds is 2. The molecule has 0 saturated carbocycles. The molecule has 0 bridgehead atoms. The number of piperidine rings is 1. The largest absolute Gasteiger partial charge is 0.479 e. The first-order valence-corrected chi connectivity index (χ1v) is 7.65. The first kappa shape index (κ1) is 15.6. The van der Waals surface area contributed by atoms with Gasteiger partial charge in [0.05, 0.1) is 0 Å². The summed E-state index contributed by atoms with van der Waals surface area (Å²) in [6.07, 6.45) is 0.0961. The number of H-pyrrole nitrogens is 1. The lowest BCUT2D eigenvalue weighted by molar-refractivity contribution is -0.162. The number of aryl methyl sites for hydroxylation is 2. The minimum atomic E-state index is -1.72. The number of hydrogen-bond acceptors (Lipinski definition) is 3. The van der Waals surface area contributed by atoms with Crippen molar-refractivity contribution in [2.24, 2.45) is 0 Å². The maximum Gasteiger partial charge on any atom is 0.335 e. The molecule has 1 aliphatic heterocycles. The van der Waals surface area contributed by atoms with Crippen LogP contribution in [0.15, 0.2) is 18.2 Å². The summed E-state index contributed by atoms with van der Waals surface area (Å²) in [5.41, 5.74) is 1.93. The second-order valence-corrected chi connectivity index (χ2v) is 6.36. The molecule has 0 radical (unpaired) electrons. The fourth-order valence-corrected chi connectivity index (χ4v) is 3.18. The molecular formula is C17H20N2O4. The van der Waals surface area contributed by atoms with Gasteiger partial charge < -0.3 is 20.1 Å². The Morgan fingerprint density at radius 1 is 1.17 bits per heavy atom. The maximum atomic E-state index is 12.6. The minimum Gasteiger partial charge on any atom is -0.479 e. The Kier molecular flexibility index (Phi) is 3.64. The van der Waals surface area contributed by atoms with Gasteiger partial charge in [0.15, 0.2) is 5.60 Å². The van der Waals surface area contributed by atoms with Gasteiger partial charge in [-0.3, -0.25) is 4.79 Å². The highest BCUT2D eigenvalue weighted by molar-refractivity contribution is 5.99. The van der Waals surface area contributed by atoms with E-state index in [1.165, 1.54) is 0 Å². The molecule has 2 heterocycles. The molecule has 2 aromatic rings. The van der Waals surface area contributed by atoms with Gasteiger partial charge >= 0.3 is 5.97 Å². The third-order valence-corrected chi connectivity index (χ3v) is 4.60. The lowest BCUT2D eigenvalue weighted by Crippen LogP contribution is -2.50. The number of carboxylic acid groups (broad SMARTS) is 1. The normalized spacial score (nSPS) is 17.4. The molecule has 0 spiro atoms. The van der Waals surface area contributed by atoms with E-state index in [0.717, 1.165) is 22.0 Å². The molecule has 1 aromatic carbocycles. The number of benzene rings is 1. The van der Waals surface area contributed by atoms with Gasteiger partial charge in [-0.1, -0.05) is 6.07 Å². The van der Waals surface area contributed by atoms with Crippen LogP contribution >= 0.6 is 0 Å². The van der Waals surface area contributed by atoms with E-state index in [4.69, 9.17) is 5.11 Å². The molecular weight excluding hydrogens is 296 g/mol. The highest BCUT2D eigenvalue weighted by Crippen LogP contribution is 2.26. The van der Waals surface area contributed by atoms with E-state index in [-0.39, 0.29) is 31.8 Å². The van der Waals surface area contributed by atoms with Gasteiger partial charge in [0.25, 0.3) is 5.91 Å². The van der Waals surface area contributed by atoms with E-state index in [1.54, 1.807) is 4.90 Å². The van der Waals surface area contributed by atoms with Crippen LogP contribution in [0.25, 0.3) is 10.9 Å². The first-order chi connectivity index (χ1) is 10.8. The number of hydrogen-bond donors (Lipinski definition) is 3. The summed E-state index contributed by atoms with van der Waals surface area (Å²) in [4.78, 5) is 28.4. The number of nitrogens with one attached hydrogen (secondary N) is 1. The zero-order chi connectivity index (χ0) is 16.8. The van der Waals surface area contributed by atoms with Crippen LogP contribution in [0.4, 0.5) is 0 Å². The number of carbonyl (C=O) groups is 2. The summed E-state index contributed by atoms with van der Waals surface area (Å²) < 4.78 is 0. The monoisotopic (exact) mass is 316 g/mol. The van der Waals surface area contributed by atoms with Crippen molar-refractivity contribution in [2.45, 2.75) is 32.3 Å². The van der Waals surface area contributed by atoms with E-state index in [9.17, 15) is 14.7 Å². The van der Waals surface area contributed by atoms with Gasteiger partial charge in [-0.05, 0) is 37.1 Å². The number of nitrogens with zero attached hydrogens (tertiary/aromatic N) is 1. The van der Waals surface area contributed by atoms with Crippen molar-refractivity contribution in [3.63, 3.8) is 0 Å². The fourth-order valence-electron chi connectivity index (χ4n) is 3.18. The van der Waals surface area contributed by atoms with E-state index in [0.29, 0.717) is 5.69 Å². The second kappa shape index (κ2) is 5.38. The quantitative estimate of drug-likeness (QED) is 0.788. The Morgan fingerprint density at radius 3 is 2.43 bits per heavy atom. The predicted molar refractivity (Wildman–Crippen MR) is 85.5 cm³/mol. The smallest absolute Gasteiger partial charge is 0.335 e. The average Bonchev–Trinajstić information content (AvgIpc) is 2.91. The molecule has 1 fully saturated rings. The number of aliphatic hydroxyl groups is 1. The lowest BCUT2D eigenvalue weighted by atomic mass is 9.91. The lowest BCUT2D eigenvalue weighted by Gasteiger charge is -2.35. The summed E-state index contributed by atoms with van der Waals surface area (Å²) in [5.74, 6) is -1.38. The van der Waals surface area contributed by atoms with Gasteiger partial charge in [0, 0.05) is 36.8 Å². The van der Waals surface area contributed by atoms with Gasteiger partial charge in [-0.15, -0.1) is 0 Å². The van der Waals surface area contributed by atoms with E-state index >= 15 is 0 Å². The topological polar surface area (TPSA) is 93.6 Å². The predicted octanol–water partition coefficient (Wildman–Crippen LogP) is 1.84. The molecule has 1 aliphatic rings.